The van der Waals surface area contributed by atoms with Crippen LogP contribution in [0.25, 0.3) is 0 Å². The number of sulfonamides is 1. The number of carbonyl (C=O) groups excluding carboxylic acids is 1. The number of primary sulfonamides is 1. The molecule has 1 fully saturated rings. The first-order valence-corrected chi connectivity index (χ1v) is 12.4. The number of rotatable bonds is 6. The lowest BCUT2D eigenvalue weighted by molar-refractivity contribution is -0.123. The number of nitrogens with one attached hydrogen (secondary N) is 1. The fraction of sp³-hybridized carbons (Fsp3) is 0.435. The molecule has 3 N–H and O–H groups in total. The van der Waals surface area contributed by atoms with E-state index in [4.69, 9.17) is 14.6 Å². The number of likely N-dealkylation sites (tertiary alicyclic amines) is 1. The summed E-state index contributed by atoms with van der Waals surface area (Å²) in [4.78, 5) is 15.0. The predicted octanol–water partition coefficient (Wildman–Crippen LogP) is 2.51. The van der Waals surface area contributed by atoms with Crippen LogP contribution in [0.3, 0.4) is 0 Å². The van der Waals surface area contributed by atoms with Crippen molar-refractivity contribution in [1.29, 1.82) is 0 Å². The Bertz CT molecular complexity index is 1070. The molecule has 0 bridgehead atoms. The average Bonchev–Trinajstić information content (AvgIpc) is 3.08. The maximum absolute atomic E-state index is 12.8. The van der Waals surface area contributed by atoms with Crippen LogP contribution >= 0.6 is 0 Å². The highest BCUT2D eigenvalue weighted by Crippen LogP contribution is 2.37. The van der Waals surface area contributed by atoms with E-state index in [1.54, 1.807) is 12.1 Å². The fourth-order valence-electron chi connectivity index (χ4n) is 4.28. The number of hydrogen-bond donors (Lipinski definition) is 2. The van der Waals surface area contributed by atoms with E-state index in [2.05, 4.69) is 16.3 Å². The third kappa shape index (κ3) is 5.23. The highest BCUT2D eigenvalue weighted by Gasteiger charge is 2.29. The molecule has 1 amide bonds. The van der Waals surface area contributed by atoms with Crippen molar-refractivity contribution in [3.05, 3.63) is 53.6 Å². The second-order valence-corrected chi connectivity index (χ2v) is 9.85. The van der Waals surface area contributed by atoms with E-state index in [0.29, 0.717) is 19.8 Å². The smallest absolute Gasteiger partial charge is 0.238 e. The van der Waals surface area contributed by atoms with Gasteiger partial charge in [-0.15, -0.1) is 0 Å². The van der Waals surface area contributed by atoms with Gasteiger partial charge >= 0.3 is 0 Å². The molecule has 0 spiro atoms. The molecule has 1 saturated heterocycles. The number of ether oxygens (including phenoxy) is 2. The molecule has 0 aliphatic carbocycles. The van der Waals surface area contributed by atoms with Crippen molar-refractivity contribution in [2.24, 2.45) is 5.14 Å². The Morgan fingerprint density at radius 1 is 1.12 bits per heavy atom. The average molecular weight is 460 g/mol. The number of benzene rings is 2. The van der Waals surface area contributed by atoms with Gasteiger partial charge in [0.05, 0.1) is 30.7 Å². The molecule has 2 atom stereocenters. The molecule has 2 aromatic rings. The Labute approximate surface area is 188 Å². The summed E-state index contributed by atoms with van der Waals surface area (Å²) >= 11 is 0. The number of amides is 1. The predicted molar refractivity (Wildman–Crippen MR) is 120 cm³/mol. The molecule has 32 heavy (non-hydrogen) atoms. The Balaban J connectivity index is 1.39. The van der Waals surface area contributed by atoms with Gasteiger partial charge in [-0.2, -0.15) is 0 Å². The van der Waals surface area contributed by atoms with Crippen LogP contribution in [0, 0.1) is 0 Å². The zero-order chi connectivity index (χ0) is 22.7. The van der Waals surface area contributed by atoms with Crippen LogP contribution in [0.1, 0.15) is 49.4 Å². The minimum atomic E-state index is -3.74. The molecule has 172 valence electrons. The van der Waals surface area contributed by atoms with Crippen molar-refractivity contribution in [3.8, 4) is 11.5 Å². The van der Waals surface area contributed by atoms with Crippen LogP contribution in [0.4, 0.5) is 0 Å². The highest BCUT2D eigenvalue weighted by molar-refractivity contribution is 7.89. The van der Waals surface area contributed by atoms with Crippen molar-refractivity contribution in [2.45, 2.75) is 43.2 Å². The molecule has 2 aliphatic rings. The van der Waals surface area contributed by atoms with Crippen molar-refractivity contribution >= 4 is 15.9 Å². The van der Waals surface area contributed by atoms with Crippen molar-refractivity contribution in [3.63, 3.8) is 0 Å². The molecule has 0 radical (unpaired) electrons. The maximum atomic E-state index is 12.8. The molecule has 0 unspecified atom stereocenters. The van der Waals surface area contributed by atoms with Crippen molar-refractivity contribution in [1.82, 2.24) is 10.2 Å². The largest absolute Gasteiger partial charge is 0.490 e. The van der Waals surface area contributed by atoms with E-state index < -0.39 is 10.0 Å². The summed E-state index contributed by atoms with van der Waals surface area (Å²) in [6.07, 6.45) is 2.87. The molecule has 8 nitrogen and oxygen atoms in total. The van der Waals surface area contributed by atoms with Gasteiger partial charge in [0.15, 0.2) is 11.5 Å². The molecular weight excluding hydrogens is 430 g/mol. The number of fused-ring (bicyclic) bond motifs is 1. The van der Waals surface area contributed by atoms with E-state index in [1.807, 2.05) is 19.1 Å². The summed E-state index contributed by atoms with van der Waals surface area (Å²) in [6, 6.07) is 12.2. The van der Waals surface area contributed by atoms with E-state index in [-0.39, 0.29) is 22.9 Å². The van der Waals surface area contributed by atoms with Crippen LogP contribution in [0.2, 0.25) is 0 Å². The molecule has 0 aromatic heterocycles. The number of carbonyl (C=O) groups is 1. The van der Waals surface area contributed by atoms with Gasteiger partial charge in [0.1, 0.15) is 0 Å². The third-order valence-corrected chi connectivity index (χ3v) is 6.88. The summed E-state index contributed by atoms with van der Waals surface area (Å²) in [5.41, 5.74) is 1.94. The second kappa shape index (κ2) is 9.48. The fourth-order valence-corrected chi connectivity index (χ4v) is 4.80. The summed E-state index contributed by atoms with van der Waals surface area (Å²) in [5, 5.41) is 8.15. The first-order chi connectivity index (χ1) is 15.3. The van der Waals surface area contributed by atoms with Crippen molar-refractivity contribution < 1.29 is 22.7 Å². The van der Waals surface area contributed by atoms with Gasteiger partial charge in [-0.1, -0.05) is 18.2 Å². The lowest BCUT2D eigenvalue weighted by Crippen LogP contribution is -2.38. The normalized spacial score (nSPS) is 19.9. The van der Waals surface area contributed by atoms with Gasteiger partial charge in [-0.25, -0.2) is 13.6 Å². The number of hydrogen-bond acceptors (Lipinski definition) is 6. The molecule has 2 heterocycles. The monoisotopic (exact) mass is 459 g/mol. The van der Waals surface area contributed by atoms with Crippen LogP contribution < -0.4 is 19.9 Å². The van der Waals surface area contributed by atoms with Crippen LogP contribution in [0.15, 0.2) is 47.4 Å². The standard InChI is InChI=1S/C23H29N3O5S/c1-16(17-5-8-19(9-6-17)32(24,28)29)25-23(27)15-26-11-2-4-20(26)18-7-10-21-22(14-18)31-13-3-12-30-21/h5-10,14,16,20H,2-4,11-13,15H2,1H3,(H,25,27)(H2,24,28,29)/t16-,20-/m0/s1. The zero-order valence-electron chi connectivity index (χ0n) is 18.1. The topological polar surface area (TPSA) is 111 Å². The maximum Gasteiger partial charge on any atom is 0.238 e. The SMILES string of the molecule is C[C@H](NC(=O)CN1CCC[C@H]1c1ccc2c(c1)OCCCO2)c1ccc(S(N)(=O)=O)cc1. The molecule has 2 aromatic carbocycles. The molecule has 2 aliphatic heterocycles. The number of nitrogens with zero attached hydrogens (tertiary/aromatic N) is 1. The number of nitrogens with two attached hydrogens (primary N) is 1. The van der Waals surface area contributed by atoms with Crippen LogP contribution in [0.5, 0.6) is 11.5 Å². The van der Waals surface area contributed by atoms with E-state index >= 15 is 0 Å². The van der Waals surface area contributed by atoms with Gasteiger partial charge in [-0.05, 0) is 61.7 Å². The lowest BCUT2D eigenvalue weighted by atomic mass is 10.0. The van der Waals surface area contributed by atoms with Crippen molar-refractivity contribution in [2.75, 3.05) is 26.3 Å². The van der Waals surface area contributed by atoms with Crippen LogP contribution in [-0.4, -0.2) is 45.5 Å². The molecule has 9 heteroatoms. The van der Waals surface area contributed by atoms with E-state index in [1.165, 1.54) is 12.1 Å². The Kier molecular flexibility index (Phi) is 6.68. The van der Waals surface area contributed by atoms with E-state index in [9.17, 15) is 13.2 Å². The minimum absolute atomic E-state index is 0.0508. The summed E-state index contributed by atoms with van der Waals surface area (Å²) in [6.45, 7) is 4.31. The highest BCUT2D eigenvalue weighted by atomic mass is 32.2. The minimum Gasteiger partial charge on any atom is -0.490 e. The van der Waals surface area contributed by atoms with E-state index in [0.717, 1.165) is 48.4 Å². The first-order valence-electron chi connectivity index (χ1n) is 10.9. The first kappa shape index (κ1) is 22.6. The zero-order valence-corrected chi connectivity index (χ0v) is 18.9. The third-order valence-electron chi connectivity index (χ3n) is 5.95. The molecule has 4 rings (SSSR count). The second-order valence-electron chi connectivity index (χ2n) is 8.29. The Hall–Kier alpha value is -2.62. The van der Waals surface area contributed by atoms with Gasteiger partial charge in [0.2, 0.25) is 15.9 Å². The summed E-state index contributed by atoms with van der Waals surface area (Å²) < 4.78 is 34.4. The lowest BCUT2D eigenvalue weighted by Gasteiger charge is -2.26. The van der Waals surface area contributed by atoms with Gasteiger partial charge in [0, 0.05) is 12.5 Å². The van der Waals surface area contributed by atoms with Gasteiger partial charge in [0.25, 0.3) is 0 Å². The Morgan fingerprint density at radius 3 is 2.56 bits per heavy atom. The molecular formula is C23H29N3O5S. The quantitative estimate of drug-likeness (QED) is 0.687. The summed E-state index contributed by atoms with van der Waals surface area (Å²) in [5.74, 6) is 1.47. The Morgan fingerprint density at radius 2 is 1.84 bits per heavy atom. The molecule has 0 saturated carbocycles. The van der Waals surface area contributed by atoms with Crippen LogP contribution in [-0.2, 0) is 14.8 Å². The summed E-state index contributed by atoms with van der Waals surface area (Å²) in [7, 11) is -3.74. The van der Waals surface area contributed by atoms with Gasteiger partial charge < -0.3 is 14.8 Å². The van der Waals surface area contributed by atoms with Gasteiger partial charge in [-0.3, -0.25) is 9.69 Å².